The molecule has 0 fully saturated rings. The Morgan fingerprint density at radius 2 is 1.70 bits per heavy atom. The summed E-state index contributed by atoms with van der Waals surface area (Å²) in [6.07, 6.45) is 0. The molecule has 20 heavy (non-hydrogen) atoms. The molecule has 0 amide bonds. The molecule has 0 aliphatic heterocycles. The van der Waals surface area contributed by atoms with E-state index < -0.39 is 5.82 Å². The van der Waals surface area contributed by atoms with Gasteiger partial charge in [0.05, 0.1) is 25.7 Å². The Morgan fingerprint density at radius 1 is 1.00 bits per heavy atom. The molecule has 3 nitrogen and oxygen atoms in total. The molecule has 3 aromatic rings. The van der Waals surface area contributed by atoms with Gasteiger partial charge in [0.15, 0.2) is 0 Å². The van der Waals surface area contributed by atoms with Gasteiger partial charge in [-0.25, -0.2) is 13.8 Å². The third-order valence-corrected chi connectivity index (χ3v) is 4.10. The number of rotatable bonds is 1. The highest BCUT2D eigenvalue weighted by molar-refractivity contribution is 9.10. The van der Waals surface area contributed by atoms with Gasteiger partial charge in [0.2, 0.25) is 5.95 Å². The monoisotopic (exact) mass is 401 g/mol. The molecule has 3 rings (SSSR count). The van der Waals surface area contributed by atoms with Gasteiger partial charge >= 0.3 is 0 Å². The van der Waals surface area contributed by atoms with Crippen LogP contribution in [0.15, 0.2) is 39.3 Å². The molecule has 1 heterocycles. The molecule has 0 bridgehead atoms. The fraction of sp³-hybridized carbons (Fsp3) is 0. The highest BCUT2D eigenvalue weighted by Gasteiger charge is 2.14. The second-order valence-corrected chi connectivity index (χ2v) is 5.87. The minimum atomic E-state index is -0.417. The van der Waals surface area contributed by atoms with Crippen LogP contribution in [0.5, 0.6) is 0 Å². The maximum absolute atomic E-state index is 13.7. The van der Waals surface area contributed by atoms with Crippen molar-refractivity contribution in [2.24, 2.45) is 0 Å². The topological polar surface area (TPSA) is 43.8 Å². The number of benzene rings is 2. The first-order chi connectivity index (χ1) is 9.47. The number of hydrogen-bond acceptors (Lipinski definition) is 2. The van der Waals surface area contributed by atoms with E-state index in [1.807, 2.05) is 0 Å². The van der Waals surface area contributed by atoms with Crippen molar-refractivity contribution < 1.29 is 8.78 Å². The molecule has 0 aliphatic rings. The minimum Gasteiger partial charge on any atom is -0.369 e. The lowest BCUT2D eigenvalue weighted by atomic mass is 10.2. The molecule has 102 valence electrons. The summed E-state index contributed by atoms with van der Waals surface area (Å²) in [6.45, 7) is 0. The normalized spacial score (nSPS) is 11.2. The van der Waals surface area contributed by atoms with Gasteiger partial charge in [0.1, 0.15) is 11.6 Å². The van der Waals surface area contributed by atoms with E-state index in [-0.39, 0.29) is 11.8 Å². The van der Waals surface area contributed by atoms with Crippen molar-refractivity contribution in [2.75, 3.05) is 5.73 Å². The van der Waals surface area contributed by atoms with Crippen molar-refractivity contribution in [2.45, 2.75) is 0 Å². The summed E-state index contributed by atoms with van der Waals surface area (Å²) >= 11 is 6.22. The Morgan fingerprint density at radius 3 is 2.40 bits per heavy atom. The van der Waals surface area contributed by atoms with Crippen LogP contribution in [0.3, 0.4) is 0 Å². The van der Waals surface area contributed by atoms with Crippen LogP contribution in [0, 0.1) is 11.6 Å². The van der Waals surface area contributed by atoms with Crippen LogP contribution in [0.1, 0.15) is 0 Å². The second kappa shape index (κ2) is 4.82. The van der Waals surface area contributed by atoms with Crippen molar-refractivity contribution in [3.05, 3.63) is 50.9 Å². The number of aromatic nitrogens is 2. The Hall–Kier alpha value is -1.47. The first-order valence-electron chi connectivity index (χ1n) is 5.56. The van der Waals surface area contributed by atoms with E-state index in [0.29, 0.717) is 25.7 Å². The first kappa shape index (κ1) is 13.5. The van der Waals surface area contributed by atoms with Crippen LogP contribution < -0.4 is 5.73 Å². The van der Waals surface area contributed by atoms with Gasteiger partial charge < -0.3 is 5.73 Å². The summed E-state index contributed by atoms with van der Waals surface area (Å²) in [6, 6.07) is 7.31. The Balaban J connectivity index is 2.32. The van der Waals surface area contributed by atoms with Crippen molar-refractivity contribution in [1.82, 2.24) is 9.55 Å². The number of nitrogens with two attached hydrogens (primary N) is 1. The predicted octanol–water partition coefficient (Wildman–Crippen LogP) is 4.41. The average molecular weight is 403 g/mol. The summed E-state index contributed by atoms with van der Waals surface area (Å²) in [7, 11) is 0. The summed E-state index contributed by atoms with van der Waals surface area (Å²) < 4.78 is 29.2. The largest absolute Gasteiger partial charge is 0.369 e. The molecule has 7 heteroatoms. The molecule has 0 unspecified atom stereocenters. The van der Waals surface area contributed by atoms with E-state index in [1.54, 1.807) is 22.8 Å². The summed E-state index contributed by atoms with van der Waals surface area (Å²) in [5.41, 5.74) is 7.54. The molecule has 0 atom stereocenters. The maximum Gasteiger partial charge on any atom is 0.205 e. The lowest BCUT2D eigenvalue weighted by molar-refractivity contribution is 0.620. The minimum absolute atomic E-state index is 0.205. The van der Waals surface area contributed by atoms with E-state index in [2.05, 4.69) is 36.8 Å². The third-order valence-electron chi connectivity index (χ3n) is 2.88. The molecule has 2 aromatic carbocycles. The number of hydrogen-bond donors (Lipinski definition) is 1. The molecular formula is C13H7Br2F2N3. The molecule has 1 aromatic heterocycles. The first-order valence-corrected chi connectivity index (χ1v) is 7.14. The number of imidazole rings is 1. The van der Waals surface area contributed by atoms with Crippen LogP contribution in [0.25, 0.3) is 16.7 Å². The van der Waals surface area contributed by atoms with Crippen LogP contribution >= 0.6 is 31.9 Å². The summed E-state index contributed by atoms with van der Waals surface area (Å²) in [4.78, 5) is 4.18. The molecule has 0 spiro atoms. The van der Waals surface area contributed by atoms with Crippen molar-refractivity contribution >= 4 is 48.8 Å². The lowest BCUT2D eigenvalue weighted by Crippen LogP contribution is -2.01. The zero-order valence-electron chi connectivity index (χ0n) is 9.87. The fourth-order valence-corrected chi connectivity index (χ4v) is 2.68. The van der Waals surface area contributed by atoms with E-state index >= 15 is 0 Å². The Labute approximate surface area is 129 Å². The zero-order chi connectivity index (χ0) is 14.4. The van der Waals surface area contributed by atoms with Crippen LogP contribution in [-0.2, 0) is 0 Å². The highest BCUT2D eigenvalue weighted by atomic mass is 79.9. The van der Waals surface area contributed by atoms with Gasteiger partial charge in [-0.3, -0.25) is 4.57 Å². The SMILES string of the molecule is Nc1nc2cc(Br)c(F)cc2n1-c1ccc(F)c(Br)c1. The van der Waals surface area contributed by atoms with Gasteiger partial charge in [-0.15, -0.1) is 0 Å². The van der Waals surface area contributed by atoms with Gasteiger partial charge in [-0.2, -0.15) is 0 Å². The number of nitrogens with zero attached hydrogens (tertiary/aromatic N) is 2. The van der Waals surface area contributed by atoms with Crippen molar-refractivity contribution in [1.29, 1.82) is 0 Å². The van der Waals surface area contributed by atoms with Crippen LogP contribution in [0.4, 0.5) is 14.7 Å². The predicted molar refractivity (Wildman–Crippen MR) is 80.8 cm³/mol. The summed E-state index contributed by atoms with van der Waals surface area (Å²) in [5.74, 6) is -0.596. The van der Waals surface area contributed by atoms with Gasteiger partial charge in [0.25, 0.3) is 0 Å². The number of halogens is 4. The third kappa shape index (κ3) is 2.10. The highest BCUT2D eigenvalue weighted by Crippen LogP contribution is 2.29. The zero-order valence-corrected chi connectivity index (χ0v) is 13.0. The van der Waals surface area contributed by atoms with Crippen molar-refractivity contribution in [3.63, 3.8) is 0 Å². The molecule has 0 radical (unpaired) electrons. The smallest absolute Gasteiger partial charge is 0.205 e. The van der Waals surface area contributed by atoms with Crippen molar-refractivity contribution in [3.8, 4) is 5.69 Å². The lowest BCUT2D eigenvalue weighted by Gasteiger charge is -2.07. The molecule has 0 saturated heterocycles. The number of anilines is 1. The quantitative estimate of drug-likeness (QED) is 0.655. The van der Waals surface area contributed by atoms with E-state index in [4.69, 9.17) is 5.73 Å². The maximum atomic E-state index is 13.7. The average Bonchev–Trinajstić information content (AvgIpc) is 2.69. The van der Waals surface area contributed by atoms with Crippen LogP contribution in [0.2, 0.25) is 0 Å². The molecule has 2 N–H and O–H groups in total. The van der Waals surface area contributed by atoms with Gasteiger partial charge in [-0.1, -0.05) is 0 Å². The van der Waals surface area contributed by atoms with Gasteiger partial charge in [-0.05, 0) is 56.1 Å². The van der Waals surface area contributed by atoms with Crippen LogP contribution in [-0.4, -0.2) is 9.55 Å². The Kier molecular flexibility index (Phi) is 3.25. The second-order valence-electron chi connectivity index (χ2n) is 4.16. The number of fused-ring (bicyclic) bond motifs is 1. The van der Waals surface area contributed by atoms with E-state index in [0.717, 1.165) is 0 Å². The van der Waals surface area contributed by atoms with E-state index in [1.165, 1.54) is 12.1 Å². The van der Waals surface area contributed by atoms with Gasteiger partial charge in [0, 0.05) is 6.07 Å². The number of nitrogen functional groups attached to an aromatic ring is 1. The fourth-order valence-electron chi connectivity index (χ4n) is 1.99. The Bertz CT molecular complexity index is 830. The molecular weight excluding hydrogens is 396 g/mol. The molecule has 0 aliphatic carbocycles. The van der Waals surface area contributed by atoms with E-state index in [9.17, 15) is 8.78 Å². The summed E-state index contributed by atoms with van der Waals surface area (Å²) in [5, 5.41) is 0. The molecule has 0 saturated carbocycles. The standard InChI is InChI=1S/C13H7Br2F2N3/c14-7-3-6(1-2-9(7)16)20-12-5-10(17)8(15)4-11(12)19-13(20)18/h1-5H,(H2,18,19).